The van der Waals surface area contributed by atoms with Gasteiger partial charge in [-0.1, -0.05) is 32.9 Å². The van der Waals surface area contributed by atoms with Crippen molar-refractivity contribution in [3.63, 3.8) is 0 Å². The fourth-order valence-corrected chi connectivity index (χ4v) is 5.38. The summed E-state index contributed by atoms with van der Waals surface area (Å²) in [5.74, 6) is 3.69. The number of rotatable bonds is 7. The third-order valence-electron chi connectivity index (χ3n) is 7.47. The number of ether oxygens (including phenoxy) is 1. The average molecular weight is 483 g/mol. The normalized spacial score (nSPS) is 18.0. The first-order valence-corrected chi connectivity index (χ1v) is 13.0. The summed E-state index contributed by atoms with van der Waals surface area (Å²) in [5, 5.41) is 6.93. The van der Waals surface area contributed by atoms with Crippen LogP contribution in [0.4, 0.5) is 0 Å². The highest BCUT2D eigenvalue weighted by atomic mass is 16.5. The lowest BCUT2D eigenvalue weighted by Gasteiger charge is -2.35. The summed E-state index contributed by atoms with van der Waals surface area (Å²) < 4.78 is 6.46. The van der Waals surface area contributed by atoms with E-state index in [0.717, 1.165) is 78.1 Å². The molecule has 2 aliphatic rings. The van der Waals surface area contributed by atoms with Crippen molar-refractivity contribution >= 4 is 0 Å². The van der Waals surface area contributed by atoms with Crippen molar-refractivity contribution in [3.05, 3.63) is 71.4 Å². The zero-order valence-corrected chi connectivity index (χ0v) is 21.2. The van der Waals surface area contributed by atoms with Gasteiger partial charge in [0.2, 0.25) is 0 Å². The molecule has 0 aliphatic carbocycles. The van der Waals surface area contributed by atoms with Gasteiger partial charge in [-0.15, -0.1) is 0 Å². The molecule has 1 fully saturated rings. The van der Waals surface area contributed by atoms with E-state index in [1.54, 1.807) is 0 Å². The summed E-state index contributed by atoms with van der Waals surface area (Å²) in [4.78, 5) is 16.3. The van der Waals surface area contributed by atoms with Gasteiger partial charge in [-0.25, -0.2) is 9.97 Å². The molecule has 0 radical (unpaired) electrons. The highest BCUT2D eigenvalue weighted by Crippen LogP contribution is 2.49. The quantitative estimate of drug-likeness (QED) is 0.249. The number of nitrogens with zero attached hydrogens (tertiary/aromatic N) is 2. The highest BCUT2D eigenvalue weighted by Gasteiger charge is 2.35. The molecule has 0 spiro atoms. The first-order chi connectivity index (χ1) is 17.5. The Labute approximate surface area is 212 Å². The van der Waals surface area contributed by atoms with Gasteiger partial charge in [0.05, 0.1) is 17.9 Å². The molecule has 2 aromatic carbocycles. The number of H-pyrrole nitrogens is 2. The van der Waals surface area contributed by atoms with Gasteiger partial charge in [0, 0.05) is 46.1 Å². The third-order valence-corrected chi connectivity index (χ3v) is 7.47. The molecule has 1 atom stereocenters. The van der Waals surface area contributed by atoms with Gasteiger partial charge < -0.3 is 25.3 Å². The number of hydrogen-bond acceptors (Lipinski definition) is 5. The molecular weight excluding hydrogens is 448 g/mol. The van der Waals surface area contributed by atoms with Crippen molar-refractivity contribution in [3.8, 4) is 34.1 Å². The maximum absolute atomic E-state index is 6.46. The minimum Gasteiger partial charge on any atom is -0.457 e. The molecule has 1 saturated heterocycles. The number of imidazole rings is 2. The number of nitrogens with one attached hydrogen (secondary N) is 4. The molecule has 1 unspecified atom stereocenters. The standard InChI is InChI=1S/C29H34N6O/c1-4-11-30-15-20-16-32-27(34-20)19-8-10-25-22(13-19)29(2,3)21-9-7-18(14-26(21)36-25)24-17-33-28(35-24)23-6-5-12-31-23/h7-10,13-14,16-17,23,30-31H,4-6,11-12,15H2,1-3H3,(H,32,34)(H,33,35). The number of hydrogen-bond donors (Lipinski definition) is 4. The fraction of sp³-hybridized carbons (Fsp3) is 0.379. The number of benzene rings is 2. The lowest BCUT2D eigenvalue weighted by molar-refractivity contribution is 0.418. The molecular formula is C29H34N6O. The molecule has 0 saturated carbocycles. The van der Waals surface area contributed by atoms with Crippen LogP contribution in [0.25, 0.3) is 22.6 Å². The minimum absolute atomic E-state index is 0.206. The SMILES string of the molecule is CCCNCc1cnc(-c2ccc3c(c2)C(C)(C)c2ccc(-c4cnc(C5CCCN5)[nH]4)cc2O3)[nH]1. The van der Waals surface area contributed by atoms with Crippen molar-refractivity contribution in [2.75, 3.05) is 13.1 Å². The maximum Gasteiger partial charge on any atom is 0.137 e. The summed E-state index contributed by atoms with van der Waals surface area (Å²) in [7, 11) is 0. The molecule has 36 heavy (non-hydrogen) atoms. The first kappa shape index (κ1) is 23.0. The molecule has 2 aromatic heterocycles. The third kappa shape index (κ3) is 4.12. The molecule has 2 aliphatic heterocycles. The lowest BCUT2D eigenvalue weighted by Crippen LogP contribution is -2.24. The predicted molar refractivity (Wildman–Crippen MR) is 142 cm³/mol. The van der Waals surface area contributed by atoms with Crippen molar-refractivity contribution in [2.24, 2.45) is 0 Å². The predicted octanol–water partition coefficient (Wildman–Crippen LogP) is 5.82. The first-order valence-electron chi connectivity index (χ1n) is 13.0. The second kappa shape index (κ2) is 9.22. The van der Waals surface area contributed by atoms with E-state index in [4.69, 9.17) is 4.74 Å². The Kier molecular flexibility index (Phi) is 5.90. The molecule has 4 aromatic rings. The molecule has 7 nitrogen and oxygen atoms in total. The fourth-order valence-electron chi connectivity index (χ4n) is 5.38. The van der Waals surface area contributed by atoms with E-state index >= 15 is 0 Å². The van der Waals surface area contributed by atoms with Crippen LogP contribution in [0, 0.1) is 0 Å². The van der Waals surface area contributed by atoms with Crippen LogP contribution in [-0.4, -0.2) is 33.0 Å². The Balaban J connectivity index is 1.27. The second-order valence-electron chi connectivity index (χ2n) is 10.4. The van der Waals surface area contributed by atoms with Crippen LogP contribution in [0.5, 0.6) is 11.5 Å². The van der Waals surface area contributed by atoms with Crippen LogP contribution in [0.15, 0.2) is 48.8 Å². The Morgan fingerprint density at radius 1 is 1.00 bits per heavy atom. The topological polar surface area (TPSA) is 90.7 Å². The molecule has 186 valence electrons. The van der Waals surface area contributed by atoms with Crippen LogP contribution in [0.2, 0.25) is 0 Å². The summed E-state index contributed by atoms with van der Waals surface area (Å²) in [5.41, 5.74) is 6.40. The van der Waals surface area contributed by atoms with Crippen molar-refractivity contribution in [1.29, 1.82) is 0 Å². The van der Waals surface area contributed by atoms with Gasteiger partial charge in [0.1, 0.15) is 23.1 Å². The Morgan fingerprint density at radius 2 is 1.89 bits per heavy atom. The minimum atomic E-state index is -0.206. The zero-order valence-electron chi connectivity index (χ0n) is 21.2. The van der Waals surface area contributed by atoms with E-state index in [1.165, 1.54) is 17.5 Å². The van der Waals surface area contributed by atoms with Crippen LogP contribution in [0.1, 0.15) is 68.7 Å². The molecule has 7 heteroatoms. The van der Waals surface area contributed by atoms with E-state index in [0.29, 0.717) is 6.04 Å². The van der Waals surface area contributed by atoms with Gasteiger partial charge in [-0.2, -0.15) is 0 Å². The van der Waals surface area contributed by atoms with Crippen molar-refractivity contribution in [2.45, 2.75) is 58.0 Å². The summed E-state index contributed by atoms with van der Waals surface area (Å²) in [6, 6.07) is 13.2. The number of aromatic nitrogens is 4. The van der Waals surface area contributed by atoms with Crippen molar-refractivity contribution in [1.82, 2.24) is 30.6 Å². The summed E-state index contributed by atoms with van der Waals surface area (Å²) >= 11 is 0. The van der Waals surface area contributed by atoms with Crippen LogP contribution < -0.4 is 15.4 Å². The van der Waals surface area contributed by atoms with E-state index in [9.17, 15) is 0 Å². The monoisotopic (exact) mass is 482 g/mol. The van der Waals surface area contributed by atoms with Gasteiger partial charge >= 0.3 is 0 Å². The van der Waals surface area contributed by atoms with Gasteiger partial charge in [-0.3, -0.25) is 0 Å². The largest absolute Gasteiger partial charge is 0.457 e. The van der Waals surface area contributed by atoms with Gasteiger partial charge in [0.15, 0.2) is 0 Å². The molecule has 4 heterocycles. The second-order valence-corrected chi connectivity index (χ2v) is 10.4. The number of aromatic amines is 2. The smallest absolute Gasteiger partial charge is 0.137 e. The molecule has 6 rings (SSSR count). The van der Waals surface area contributed by atoms with Crippen LogP contribution >= 0.6 is 0 Å². The Morgan fingerprint density at radius 3 is 2.72 bits per heavy atom. The number of fused-ring (bicyclic) bond motifs is 2. The Hall–Kier alpha value is -3.42. The molecule has 4 N–H and O–H groups in total. The lowest BCUT2D eigenvalue weighted by atomic mass is 9.75. The van der Waals surface area contributed by atoms with Crippen LogP contribution in [-0.2, 0) is 12.0 Å². The maximum atomic E-state index is 6.46. The Bertz CT molecular complexity index is 1380. The summed E-state index contributed by atoms with van der Waals surface area (Å²) in [6.07, 6.45) is 7.29. The van der Waals surface area contributed by atoms with E-state index in [-0.39, 0.29) is 5.41 Å². The van der Waals surface area contributed by atoms with Gasteiger partial charge in [-0.05, 0) is 56.6 Å². The van der Waals surface area contributed by atoms with E-state index in [2.05, 4.69) is 87.7 Å². The average Bonchev–Trinajstić information content (AvgIpc) is 3.66. The van der Waals surface area contributed by atoms with Gasteiger partial charge in [0.25, 0.3) is 0 Å². The summed E-state index contributed by atoms with van der Waals surface area (Å²) in [6.45, 7) is 9.55. The highest BCUT2D eigenvalue weighted by molar-refractivity contribution is 5.69. The van der Waals surface area contributed by atoms with Crippen molar-refractivity contribution < 1.29 is 4.74 Å². The van der Waals surface area contributed by atoms with E-state index < -0.39 is 0 Å². The zero-order chi connectivity index (χ0) is 24.7. The molecule has 0 bridgehead atoms. The molecule has 0 amide bonds. The van der Waals surface area contributed by atoms with E-state index in [1.807, 2.05) is 12.4 Å². The van der Waals surface area contributed by atoms with Crippen LogP contribution in [0.3, 0.4) is 0 Å².